The van der Waals surface area contributed by atoms with Gasteiger partial charge in [0.2, 0.25) is 0 Å². The molecule has 2 heterocycles. The summed E-state index contributed by atoms with van der Waals surface area (Å²) in [5.41, 5.74) is 0.278. The molecule has 0 atom stereocenters. The number of carbonyl (C=O) groups is 4. The molecular formula is C17H18N2O6. The maximum Gasteiger partial charge on any atom is 0.334 e. The third-order valence-electron chi connectivity index (χ3n) is 3.97. The molecule has 0 saturated carbocycles. The Labute approximate surface area is 144 Å². The lowest BCUT2D eigenvalue weighted by atomic mass is 10.1. The number of urea groups is 1. The molecular weight excluding hydrogens is 328 g/mol. The van der Waals surface area contributed by atoms with Crippen LogP contribution in [0.25, 0.3) is 0 Å². The van der Waals surface area contributed by atoms with Crippen LogP contribution >= 0.6 is 0 Å². The summed E-state index contributed by atoms with van der Waals surface area (Å²) in [5.74, 6) is -1.37. The first-order valence-corrected chi connectivity index (χ1v) is 8.02. The number of imide groups is 2. The van der Waals surface area contributed by atoms with Crippen molar-refractivity contribution >= 4 is 23.6 Å². The molecule has 0 aliphatic carbocycles. The monoisotopic (exact) mass is 346 g/mol. The van der Waals surface area contributed by atoms with Crippen LogP contribution in [0, 0.1) is 0 Å². The van der Waals surface area contributed by atoms with Crippen molar-refractivity contribution in [2.75, 3.05) is 19.8 Å². The predicted molar refractivity (Wildman–Crippen MR) is 85.5 cm³/mol. The Morgan fingerprint density at radius 2 is 1.76 bits per heavy atom. The van der Waals surface area contributed by atoms with Gasteiger partial charge < -0.3 is 9.47 Å². The Hall–Kier alpha value is -2.90. The van der Waals surface area contributed by atoms with Crippen molar-refractivity contribution in [2.24, 2.45) is 0 Å². The first-order valence-electron chi connectivity index (χ1n) is 8.02. The molecule has 0 unspecified atom stereocenters. The van der Waals surface area contributed by atoms with Gasteiger partial charge in [0.05, 0.1) is 19.8 Å². The maximum absolute atomic E-state index is 12.5. The molecule has 8 heteroatoms. The number of hydrogen-bond acceptors (Lipinski definition) is 6. The second-order valence-electron chi connectivity index (χ2n) is 6.08. The Morgan fingerprint density at radius 1 is 1.08 bits per heavy atom. The van der Waals surface area contributed by atoms with E-state index in [1.54, 1.807) is 26.0 Å². The standard InChI is InChI=1S/C17H18N2O6/c1-10(2)19-16(22)15(21)18(17(19)23)9-12(20)11-4-5-13-14(8-11)25-7-3-6-24-13/h4-5,8,10H,3,6-7,9H2,1-2H3. The van der Waals surface area contributed by atoms with E-state index in [0.717, 1.165) is 11.3 Å². The molecule has 0 aromatic heterocycles. The molecule has 132 valence electrons. The highest BCUT2D eigenvalue weighted by Crippen LogP contribution is 2.30. The summed E-state index contributed by atoms with van der Waals surface area (Å²) in [6, 6.07) is 3.46. The molecule has 4 amide bonds. The predicted octanol–water partition coefficient (Wildman–Crippen LogP) is 1.23. The highest BCUT2D eigenvalue weighted by molar-refractivity contribution is 6.45. The molecule has 1 saturated heterocycles. The van der Waals surface area contributed by atoms with Crippen LogP contribution in [0.15, 0.2) is 18.2 Å². The number of amides is 4. The first-order chi connectivity index (χ1) is 11.9. The zero-order valence-corrected chi connectivity index (χ0v) is 14.0. The van der Waals surface area contributed by atoms with Gasteiger partial charge in [-0.25, -0.2) is 9.69 Å². The number of fused-ring (bicyclic) bond motifs is 1. The second kappa shape index (κ2) is 6.54. The van der Waals surface area contributed by atoms with Gasteiger partial charge in [0, 0.05) is 18.0 Å². The smallest absolute Gasteiger partial charge is 0.334 e. The van der Waals surface area contributed by atoms with E-state index in [0.29, 0.717) is 29.6 Å². The van der Waals surface area contributed by atoms with Crippen molar-refractivity contribution in [3.8, 4) is 11.5 Å². The summed E-state index contributed by atoms with van der Waals surface area (Å²) >= 11 is 0. The lowest BCUT2D eigenvalue weighted by Gasteiger charge is -2.18. The molecule has 0 N–H and O–H groups in total. The highest BCUT2D eigenvalue weighted by atomic mass is 16.5. The number of rotatable bonds is 4. The Balaban J connectivity index is 1.78. The molecule has 0 radical (unpaired) electrons. The number of benzene rings is 1. The lowest BCUT2D eigenvalue weighted by Crippen LogP contribution is -2.39. The van der Waals surface area contributed by atoms with Gasteiger partial charge >= 0.3 is 17.8 Å². The van der Waals surface area contributed by atoms with E-state index in [2.05, 4.69) is 0 Å². The summed E-state index contributed by atoms with van der Waals surface area (Å²) in [6.45, 7) is 3.76. The van der Waals surface area contributed by atoms with Gasteiger partial charge in [-0.1, -0.05) is 0 Å². The van der Waals surface area contributed by atoms with Crippen molar-refractivity contribution in [1.29, 1.82) is 0 Å². The van der Waals surface area contributed by atoms with E-state index in [1.165, 1.54) is 6.07 Å². The number of ketones is 1. The summed E-state index contributed by atoms with van der Waals surface area (Å²) in [6.07, 6.45) is 0.738. The first kappa shape index (κ1) is 16.9. The summed E-state index contributed by atoms with van der Waals surface area (Å²) < 4.78 is 11.0. The van der Waals surface area contributed by atoms with Gasteiger partial charge in [-0.2, -0.15) is 0 Å². The molecule has 0 spiro atoms. The molecule has 1 fully saturated rings. The highest BCUT2D eigenvalue weighted by Gasteiger charge is 2.46. The number of hydrogen-bond donors (Lipinski definition) is 0. The number of carbonyl (C=O) groups excluding carboxylic acids is 4. The van der Waals surface area contributed by atoms with Crippen molar-refractivity contribution in [2.45, 2.75) is 26.3 Å². The number of nitrogens with zero attached hydrogens (tertiary/aromatic N) is 2. The van der Waals surface area contributed by atoms with Crippen LogP contribution in [-0.4, -0.2) is 59.2 Å². The average Bonchev–Trinajstić information content (AvgIpc) is 2.76. The average molecular weight is 346 g/mol. The third kappa shape index (κ3) is 3.07. The minimum absolute atomic E-state index is 0.278. The normalized spacial score (nSPS) is 17.3. The van der Waals surface area contributed by atoms with Crippen LogP contribution in [-0.2, 0) is 9.59 Å². The molecule has 0 bridgehead atoms. The fourth-order valence-corrected chi connectivity index (χ4v) is 2.69. The summed E-state index contributed by atoms with van der Waals surface area (Å²) in [7, 11) is 0. The second-order valence-corrected chi connectivity index (χ2v) is 6.08. The quantitative estimate of drug-likeness (QED) is 0.462. The zero-order chi connectivity index (χ0) is 18.1. The number of Topliss-reactive ketones (excluding diaryl/α,β-unsaturated/α-hetero) is 1. The topological polar surface area (TPSA) is 93.2 Å². The van der Waals surface area contributed by atoms with Crippen LogP contribution in [0.5, 0.6) is 11.5 Å². The van der Waals surface area contributed by atoms with Crippen LogP contribution < -0.4 is 9.47 Å². The van der Waals surface area contributed by atoms with Crippen LogP contribution in [0.1, 0.15) is 30.6 Å². The minimum Gasteiger partial charge on any atom is -0.490 e. The summed E-state index contributed by atoms with van der Waals surface area (Å²) in [4.78, 5) is 50.1. The van der Waals surface area contributed by atoms with Gasteiger partial charge in [-0.05, 0) is 32.0 Å². The Kier molecular flexibility index (Phi) is 4.43. The van der Waals surface area contributed by atoms with E-state index in [-0.39, 0.29) is 5.56 Å². The van der Waals surface area contributed by atoms with E-state index in [1.807, 2.05) is 0 Å². The largest absolute Gasteiger partial charge is 0.490 e. The fourth-order valence-electron chi connectivity index (χ4n) is 2.69. The molecule has 3 rings (SSSR count). The third-order valence-corrected chi connectivity index (χ3v) is 3.97. The fraction of sp³-hybridized carbons (Fsp3) is 0.412. The minimum atomic E-state index is -0.985. The molecule has 2 aliphatic rings. The molecule has 25 heavy (non-hydrogen) atoms. The lowest BCUT2D eigenvalue weighted by molar-refractivity contribution is -0.143. The SMILES string of the molecule is CC(C)N1C(=O)C(=O)N(CC(=O)c2ccc3c(c2)OCCCO3)C1=O. The van der Waals surface area contributed by atoms with Crippen molar-refractivity contribution in [3.63, 3.8) is 0 Å². The van der Waals surface area contributed by atoms with Gasteiger partial charge in [-0.15, -0.1) is 0 Å². The van der Waals surface area contributed by atoms with E-state index in [4.69, 9.17) is 9.47 Å². The maximum atomic E-state index is 12.5. The van der Waals surface area contributed by atoms with Crippen molar-refractivity contribution < 1.29 is 28.7 Å². The van der Waals surface area contributed by atoms with E-state index in [9.17, 15) is 19.2 Å². The molecule has 1 aromatic carbocycles. The van der Waals surface area contributed by atoms with Gasteiger partial charge in [0.1, 0.15) is 0 Å². The van der Waals surface area contributed by atoms with Gasteiger partial charge in [0.15, 0.2) is 17.3 Å². The van der Waals surface area contributed by atoms with Crippen LogP contribution in [0.3, 0.4) is 0 Å². The Bertz CT molecular complexity index is 758. The van der Waals surface area contributed by atoms with E-state index >= 15 is 0 Å². The van der Waals surface area contributed by atoms with Gasteiger partial charge in [0.25, 0.3) is 0 Å². The van der Waals surface area contributed by atoms with Crippen LogP contribution in [0.2, 0.25) is 0 Å². The van der Waals surface area contributed by atoms with Gasteiger partial charge in [-0.3, -0.25) is 19.3 Å². The van der Waals surface area contributed by atoms with Crippen LogP contribution in [0.4, 0.5) is 4.79 Å². The molecule has 1 aromatic rings. The summed E-state index contributed by atoms with van der Waals surface area (Å²) in [5, 5.41) is 0. The molecule has 2 aliphatic heterocycles. The zero-order valence-electron chi connectivity index (χ0n) is 14.0. The van der Waals surface area contributed by atoms with Crippen molar-refractivity contribution in [1.82, 2.24) is 9.80 Å². The number of ether oxygens (including phenoxy) is 2. The molecule has 8 nitrogen and oxygen atoms in total. The Morgan fingerprint density at radius 3 is 2.40 bits per heavy atom. The van der Waals surface area contributed by atoms with Crippen molar-refractivity contribution in [3.05, 3.63) is 23.8 Å². The van der Waals surface area contributed by atoms with E-state index < -0.39 is 36.2 Å².